The molecule has 0 aromatic rings. The molecule has 0 radical (unpaired) electrons. The summed E-state index contributed by atoms with van der Waals surface area (Å²) in [6.07, 6.45) is 12.1. The number of allylic oxidation sites excluding steroid dienone is 1. The predicted molar refractivity (Wildman–Crippen MR) is 102 cm³/mol. The number of rotatable bonds is 1. The second-order valence-electron chi connectivity index (χ2n) is 10.5. The van der Waals surface area contributed by atoms with E-state index in [0.29, 0.717) is 23.7 Å². The quantitative estimate of drug-likeness (QED) is 0.678. The van der Waals surface area contributed by atoms with Crippen molar-refractivity contribution in [2.24, 2.45) is 34.5 Å². The van der Waals surface area contributed by atoms with Gasteiger partial charge < -0.3 is 19.7 Å². The third-order valence-electron chi connectivity index (χ3n) is 9.30. The van der Waals surface area contributed by atoms with E-state index in [0.717, 1.165) is 38.5 Å². The average molecular weight is 375 g/mol. The van der Waals surface area contributed by atoms with Gasteiger partial charge in [-0.15, -0.1) is 0 Å². The normalized spacial score (nSPS) is 52.9. The first-order valence-electron chi connectivity index (χ1n) is 10.8. The first-order valence-corrected chi connectivity index (χ1v) is 10.8. The molecule has 27 heavy (non-hydrogen) atoms. The van der Waals surface area contributed by atoms with Gasteiger partial charge in [-0.3, -0.25) is 0 Å². The minimum Gasteiger partial charge on any atom is -0.457 e. The van der Waals surface area contributed by atoms with E-state index in [1.54, 1.807) is 12.5 Å². The van der Waals surface area contributed by atoms with Crippen molar-refractivity contribution in [2.45, 2.75) is 83.7 Å². The zero-order valence-electron chi connectivity index (χ0n) is 16.9. The van der Waals surface area contributed by atoms with Crippen LogP contribution < -0.4 is 0 Å². The Morgan fingerprint density at radius 3 is 2.52 bits per heavy atom. The van der Waals surface area contributed by atoms with Gasteiger partial charge in [-0.05, 0) is 73.5 Å². The Bertz CT molecular complexity index is 676. The summed E-state index contributed by atoms with van der Waals surface area (Å²) >= 11 is 0. The summed E-state index contributed by atoms with van der Waals surface area (Å²) in [5.74, 6) is 1.14. The maximum absolute atomic E-state index is 11.4. The molecule has 4 aliphatic carbocycles. The topological polar surface area (TPSA) is 58.9 Å². The zero-order chi connectivity index (χ0) is 19.0. The molecule has 0 aromatic heterocycles. The summed E-state index contributed by atoms with van der Waals surface area (Å²) in [7, 11) is 0. The minimum absolute atomic E-state index is 0.0389. The molecule has 0 spiro atoms. The van der Waals surface area contributed by atoms with Crippen molar-refractivity contribution in [1.82, 2.24) is 0 Å². The van der Waals surface area contributed by atoms with Gasteiger partial charge in [0.15, 0.2) is 0 Å². The molecule has 3 unspecified atom stereocenters. The van der Waals surface area contributed by atoms with E-state index in [2.05, 4.69) is 26.8 Å². The lowest BCUT2D eigenvalue weighted by Gasteiger charge is -2.60. The van der Waals surface area contributed by atoms with E-state index in [9.17, 15) is 10.2 Å². The Balaban J connectivity index is 1.49. The molecule has 0 saturated heterocycles. The van der Waals surface area contributed by atoms with Gasteiger partial charge in [-0.2, -0.15) is 0 Å². The molecule has 0 bridgehead atoms. The fourth-order valence-electron chi connectivity index (χ4n) is 8.15. The molecule has 0 aromatic carbocycles. The molecule has 8 atom stereocenters. The number of ether oxygens (including phenoxy) is 2. The van der Waals surface area contributed by atoms with E-state index in [1.807, 2.05) is 0 Å². The molecular weight excluding hydrogens is 340 g/mol. The van der Waals surface area contributed by atoms with Crippen LogP contribution >= 0.6 is 0 Å². The molecule has 1 heterocycles. The summed E-state index contributed by atoms with van der Waals surface area (Å²) < 4.78 is 11.8. The largest absolute Gasteiger partial charge is 0.457 e. The van der Waals surface area contributed by atoms with Crippen molar-refractivity contribution < 1.29 is 19.7 Å². The second kappa shape index (κ2) is 5.76. The highest BCUT2D eigenvalue weighted by Crippen LogP contribution is 2.68. The molecule has 3 fully saturated rings. The van der Waals surface area contributed by atoms with Crippen molar-refractivity contribution in [3.8, 4) is 0 Å². The lowest BCUT2D eigenvalue weighted by atomic mass is 9.46. The third kappa shape index (κ3) is 2.35. The summed E-state index contributed by atoms with van der Waals surface area (Å²) in [5.41, 5.74) is 1.49. The number of hydrogen-bond donors (Lipinski definition) is 2. The first kappa shape index (κ1) is 18.1. The van der Waals surface area contributed by atoms with E-state index < -0.39 is 5.79 Å². The van der Waals surface area contributed by atoms with Crippen LogP contribution in [0.25, 0.3) is 0 Å². The van der Waals surface area contributed by atoms with Crippen LogP contribution in [0.2, 0.25) is 0 Å². The van der Waals surface area contributed by atoms with Gasteiger partial charge in [0.25, 0.3) is 0 Å². The molecule has 1 aliphatic heterocycles. The van der Waals surface area contributed by atoms with E-state index >= 15 is 0 Å². The number of fused-ring (bicyclic) bond motifs is 5. The standard InChI is InChI=1S/C23H34O4/c1-21-9-8-15(24)12-14(21)4-5-16-17-6-7-19(23(3)26-10-11-27-23)22(17,2)13-18(25)20(16)21/h4,10-11,15-20,24-25H,5-9,12-13H2,1-3H3/t15-,16?,17?,18-,19-,20?,21-,22-/m0/s1. The lowest BCUT2D eigenvalue weighted by molar-refractivity contribution is -0.214. The molecule has 4 heteroatoms. The van der Waals surface area contributed by atoms with Crippen molar-refractivity contribution in [3.63, 3.8) is 0 Å². The highest BCUT2D eigenvalue weighted by atomic mass is 16.7. The van der Waals surface area contributed by atoms with E-state index in [1.165, 1.54) is 12.0 Å². The van der Waals surface area contributed by atoms with Crippen molar-refractivity contribution in [1.29, 1.82) is 0 Å². The van der Waals surface area contributed by atoms with Crippen LogP contribution in [0.15, 0.2) is 24.2 Å². The van der Waals surface area contributed by atoms with Gasteiger partial charge in [0, 0.05) is 12.8 Å². The zero-order valence-corrected chi connectivity index (χ0v) is 16.9. The number of hydrogen-bond acceptors (Lipinski definition) is 4. The smallest absolute Gasteiger partial charge is 0.250 e. The monoisotopic (exact) mass is 374 g/mol. The lowest BCUT2D eigenvalue weighted by Crippen LogP contribution is -2.58. The van der Waals surface area contributed by atoms with E-state index in [4.69, 9.17) is 9.47 Å². The summed E-state index contributed by atoms with van der Waals surface area (Å²) in [6, 6.07) is 0. The Morgan fingerprint density at radius 1 is 1.04 bits per heavy atom. The number of aliphatic hydroxyl groups excluding tert-OH is 2. The van der Waals surface area contributed by atoms with Crippen LogP contribution in [0, 0.1) is 34.5 Å². The summed E-state index contributed by atoms with van der Waals surface area (Å²) in [4.78, 5) is 0. The second-order valence-corrected chi connectivity index (χ2v) is 10.5. The van der Waals surface area contributed by atoms with Crippen molar-refractivity contribution in [2.75, 3.05) is 0 Å². The van der Waals surface area contributed by atoms with Gasteiger partial charge in [0.2, 0.25) is 5.79 Å². The maximum Gasteiger partial charge on any atom is 0.250 e. The van der Waals surface area contributed by atoms with Crippen molar-refractivity contribution >= 4 is 0 Å². The van der Waals surface area contributed by atoms with Crippen LogP contribution in [-0.2, 0) is 9.47 Å². The van der Waals surface area contributed by atoms with Crippen LogP contribution in [0.1, 0.15) is 65.7 Å². The summed E-state index contributed by atoms with van der Waals surface area (Å²) in [6.45, 7) is 6.79. The van der Waals surface area contributed by atoms with Gasteiger partial charge >= 0.3 is 0 Å². The predicted octanol–water partition coefficient (Wildman–Crippen LogP) is 4.13. The third-order valence-corrected chi connectivity index (χ3v) is 9.30. The molecular formula is C23H34O4. The first-order chi connectivity index (χ1) is 12.8. The molecule has 4 nitrogen and oxygen atoms in total. The van der Waals surface area contributed by atoms with Crippen LogP contribution in [0.5, 0.6) is 0 Å². The van der Waals surface area contributed by atoms with Gasteiger partial charge in [-0.25, -0.2) is 0 Å². The van der Waals surface area contributed by atoms with Gasteiger partial charge in [0.1, 0.15) is 12.5 Å². The number of aliphatic hydroxyl groups is 2. The molecule has 2 N–H and O–H groups in total. The maximum atomic E-state index is 11.4. The SMILES string of the molecule is CC1([C@H]2CCC3C4CC=C5C[C@@H](O)CC[C@]5(C)C4[C@@H](O)C[C@@]32C)OC=CO1. The Morgan fingerprint density at radius 2 is 1.78 bits per heavy atom. The molecule has 0 amide bonds. The molecule has 5 rings (SSSR count). The summed E-state index contributed by atoms with van der Waals surface area (Å²) in [5, 5.41) is 21.6. The highest BCUT2D eigenvalue weighted by molar-refractivity contribution is 5.26. The van der Waals surface area contributed by atoms with Crippen LogP contribution in [-0.4, -0.2) is 28.2 Å². The highest BCUT2D eigenvalue weighted by Gasteiger charge is 2.65. The fraction of sp³-hybridized carbons (Fsp3) is 0.826. The Kier molecular flexibility index (Phi) is 3.85. The molecule has 5 aliphatic rings. The molecule has 3 saturated carbocycles. The van der Waals surface area contributed by atoms with Gasteiger partial charge in [-0.1, -0.05) is 25.5 Å². The molecule has 150 valence electrons. The van der Waals surface area contributed by atoms with Gasteiger partial charge in [0.05, 0.1) is 12.2 Å². The van der Waals surface area contributed by atoms with E-state index in [-0.39, 0.29) is 23.0 Å². The fourth-order valence-corrected chi connectivity index (χ4v) is 8.15. The average Bonchev–Trinajstić information content (AvgIpc) is 3.19. The van der Waals surface area contributed by atoms with Crippen LogP contribution in [0.4, 0.5) is 0 Å². The Hall–Kier alpha value is -1.00. The Labute approximate surface area is 162 Å². The minimum atomic E-state index is -0.593. The van der Waals surface area contributed by atoms with Crippen molar-refractivity contribution in [3.05, 3.63) is 24.2 Å². The van der Waals surface area contributed by atoms with Crippen LogP contribution in [0.3, 0.4) is 0 Å².